The van der Waals surface area contributed by atoms with Crippen molar-refractivity contribution < 1.29 is 18.3 Å². The maximum atomic E-state index is 12.8. The van der Waals surface area contributed by atoms with Crippen LogP contribution in [-0.4, -0.2) is 5.11 Å². The van der Waals surface area contributed by atoms with E-state index in [0.29, 0.717) is 24.8 Å². The highest BCUT2D eigenvalue weighted by molar-refractivity contribution is 5.37. The van der Waals surface area contributed by atoms with Crippen molar-refractivity contribution in [1.29, 1.82) is 0 Å². The van der Waals surface area contributed by atoms with E-state index in [2.05, 4.69) is 0 Å². The van der Waals surface area contributed by atoms with E-state index in [1.165, 1.54) is 6.07 Å². The third-order valence-corrected chi connectivity index (χ3v) is 4.14. The van der Waals surface area contributed by atoms with E-state index < -0.39 is 17.3 Å². The number of hydrogen-bond acceptors (Lipinski definition) is 1. The number of halogens is 3. The number of benzene rings is 2. The van der Waals surface area contributed by atoms with Crippen LogP contribution >= 0.6 is 0 Å². The van der Waals surface area contributed by atoms with Gasteiger partial charge in [0, 0.05) is 6.42 Å². The number of aliphatic hydroxyl groups is 1. The van der Waals surface area contributed by atoms with Gasteiger partial charge in [0.1, 0.15) is 0 Å². The molecule has 2 aromatic carbocycles. The van der Waals surface area contributed by atoms with Crippen molar-refractivity contribution >= 4 is 0 Å². The molecule has 0 bridgehead atoms. The summed E-state index contributed by atoms with van der Waals surface area (Å²) in [7, 11) is 0. The first-order valence-electron chi connectivity index (χ1n) is 6.85. The fourth-order valence-corrected chi connectivity index (χ4v) is 2.95. The van der Waals surface area contributed by atoms with Gasteiger partial charge in [0.25, 0.3) is 0 Å². The van der Waals surface area contributed by atoms with E-state index >= 15 is 0 Å². The molecule has 0 saturated carbocycles. The summed E-state index contributed by atoms with van der Waals surface area (Å²) in [5, 5.41) is 10.8. The van der Waals surface area contributed by atoms with Crippen LogP contribution in [0.15, 0.2) is 48.5 Å². The van der Waals surface area contributed by atoms with Gasteiger partial charge in [-0.25, -0.2) is 0 Å². The highest BCUT2D eigenvalue weighted by Gasteiger charge is 2.36. The number of alkyl halides is 3. The maximum Gasteiger partial charge on any atom is 0.416 e. The van der Waals surface area contributed by atoms with Crippen LogP contribution in [-0.2, 0) is 24.6 Å². The van der Waals surface area contributed by atoms with Gasteiger partial charge in [-0.2, -0.15) is 13.2 Å². The minimum Gasteiger partial charge on any atom is -0.385 e. The van der Waals surface area contributed by atoms with Crippen molar-refractivity contribution in [2.24, 2.45) is 0 Å². The molecule has 2 aromatic rings. The molecule has 0 radical (unpaired) electrons. The quantitative estimate of drug-likeness (QED) is 0.839. The van der Waals surface area contributed by atoms with Gasteiger partial charge in [0.15, 0.2) is 0 Å². The summed E-state index contributed by atoms with van der Waals surface area (Å²) in [5.74, 6) is 0. The lowest BCUT2D eigenvalue weighted by Crippen LogP contribution is -2.33. The SMILES string of the molecule is OC1(c2cccc(C(F)(F)F)c2)CCc2ccccc2C1. The van der Waals surface area contributed by atoms with Crippen molar-refractivity contribution in [3.8, 4) is 0 Å². The molecule has 0 aliphatic heterocycles. The van der Waals surface area contributed by atoms with E-state index in [1.807, 2.05) is 24.3 Å². The Morgan fingerprint density at radius 2 is 1.67 bits per heavy atom. The van der Waals surface area contributed by atoms with E-state index in [0.717, 1.165) is 23.3 Å². The normalized spacial score (nSPS) is 21.9. The second kappa shape index (κ2) is 4.88. The van der Waals surface area contributed by atoms with Crippen molar-refractivity contribution in [2.75, 3.05) is 0 Å². The van der Waals surface area contributed by atoms with E-state index in [-0.39, 0.29) is 0 Å². The third-order valence-electron chi connectivity index (χ3n) is 4.14. The summed E-state index contributed by atoms with van der Waals surface area (Å²) in [4.78, 5) is 0. The topological polar surface area (TPSA) is 20.2 Å². The van der Waals surface area contributed by atoms with Gasteiger partial charge in [0.2, 0.25) is 0 Å². The second-order valence-electron chi connectivity index (χ2n) is 5.56. The molecular formula is C17H15F3O. The molecule has 1 aliphatic rings. The van der Waals surface area contributed by atoms with Crippen molar-refractivity contribution in [3.05, 3.63) is 70.8 Å². The van der Waals surface area contributed by atoms with Gasteiger partial charge in [-0.3, -0.25) is 0 Å². The monoisotopic (exact) mass is 292 g/mol. The molecule has 4 heteroatoms. The van der Waals surface area contributed by atoms with Gasteiger partial charge in [-0.05, 0) is 41.7 Å². The molecule has 1 aliphatic carbocycles. The Morgan fingerprint density at radius 1 is 0.952 bits per heavy atom. The van der Waals surface area contributed by atoms with E-state index in [1.54, 1.807) is 6.07 Å². The Hall–Kier alpha value is -1.81. The first kappa shape index (κ1) is 14.1. The van der Waals surface area contributed by atoms with Crippen LogP contribution < -0.4 is 0 Å². The average Bonchev–Trinajstić information content (AvgIpc) is 2.46. The summed E-state index contributed by atoms with van der Waals surface area (Å²) < 4.78 is 38.5. The van der Waals surface area contributed by atoms with Crippen molar-refractivity contribution in [1.82, 2.24) is 0 Å². The zero-order valence-corrected chi connectivity index (χ0v) is 11.3. The first-order valence-corrected chi connectivity index (χ1v) is 6.85. The standard InChI is InChI=1S/C17H15F3O/c18-17(19,20)15-7-3-6-14(10-15)16(21)9-8-12-4-1-2-5-13(12)11-16/h1-7,10,21H,8-9,11H2. The van der Waals surface area contributed by atoms with Gasteiger partial charge in [0.05, 0.1) is 11.2 Å². The summed E-state index contributed by atoms with van der Waals surface area (Å²) in [6.07, 6.45) is -2.93. The zero-order chi connectivity index (χ0) is 15.1. The minimum atomic E-state index is -4.39. The van der Waals surface area contributed by atoms with Crippen LogP contribution in [0.25, 0.3) is 0 Å². The molecule has 1 nitrogen and oxygen atoms in total. The lowest BCUT2D eigenvalue weighted by molar-refractivity contribution is -0.137. The molecule has 0 aromatic heterocycles. The van der Waals surface area contributed by atoms with Crippen molar-refractivity contribution in [3.63, 3.8) is 0 Å². The van der Waals surface area contributed by atoms with Crippen LogP contribution in [0.1, 0.15) is 28.7 Å². The van der Waals surface area contributed by atoms with Crippen LogP contribution in [0.4, 0.5) is 13.2 Å². The molecule has 1 unspecified atom stereocenters. The van der Waals surface area contributed by atoms with Gasteiger partial charge in [-0.1, -0.05) is 36.4 Å². The summed E-state index contributed by atoms with van der Waals surface area (Å²) >= 11 is 0. The number of fused-ring (bicyclic) bond motifs is 1. The van der Waals surface area contributed by atoms with Crippen LogP contribution in [0.5, 0.6) is 0 Å². The van der Waals surface area contributed by atoms with Crippen molar-refractivity contribution in [2.45, 2.75) is 31.0 Å². The molecule has 0 fully saturated rings. The molecule has 0 heterocycles. The Labute approximate surface area is 121 Å². The number of rotatable bonds is 1. The highest BCUT2D eigenvalue weighted by atomic mass is 19.4. The zero-order valence-electron chi connectivity index (χ0n) is 11.3. The number of aryl methyl sites for hydroxylation is 1. The average molecular weight is 292 g/mol. The molecule has 110 valence electrons. The van der Waals surface area contributed by atoms with Gasteiger partial charge in [-0.15, -0.1) is 0 Å². The predicted molar refractivity (Wildman–Crippen MR) is 73.8 cm³/mol. The fraction of sp³-hybridized carbons (Fsp3) is 0.294. The Kier molecular flexibility index (Phi) is 3.29. The molecule has 0 spiro atoms. The molecule has 1 atom stereocenters. The lowest BCUT2D eigenvalue weighted by atomic mass is 9.76. The molecular weight excluding hydrogens is 277 g/mol. The third kappa shape index (κ3) is 2.68. The minimum absolute atomic E-state index is 0.340. The molecule has 1 N–H and O–H groups in total. The first-order chi connectivity index (χ1) is 9.88. The lowest BCUT2D eigenvalue weighted by Gasteiger charge is -2.34. The summed E-state index contributed by atoms with van der Waals surface area (Å²) in [6, 6.07) is 12.8. The summed E-state index contributed by atoms with van der Waals surface area (Å²) in [6.45, 7) is 0. The largest absolute Gasteiger partial charge is 0.416 e. The smallest absolute Gasteiger partial charge is 0.385 e. The molecule has 0 saturated heterocycles. The molecule has 3 rings (SSSR count). The van der Waals surface area contributed by atoms with E-state index in [9.17, 15) is 18.3 Å². The van der Waals surface area contributed by atoms with Crippen LogP contribution in [0.2, 0.25) is 0 Å². The summed E-state index contributed by atoms with van der Waals surface area (Å²) in [5.41, 5.74) is 0.562. The van der Waals surface area contributed by atoms with Crippen LogP contribution in [0.3, 0.4) is 0 Å². The maximum absolute atomic E-state index is 12.8. The Balaban J connectivity index is 1.97. The number of hydrogen-bond donors (Lipinski definition) is 1. The van der Waals surface area contributed by atoms with Gasteiger partial charge < -0.3 is 5.11 Å². The van der Waals surface area contributed by atoms with Gasteiger partial charge >= 0.3 is 6.18 Å². The highest BCUT2D eigenvalue weighted by Crippen LogP contribution is 2.38. The Morgan fingerprint density at radius 3 is 2.38 bits per heavy atom. The second-order valence-corrected chi connectivity index (χ2v) is 5.56. The van der Waals surface area contributed by atoms with Crippen LogP contribution in [0, 0.1) is 0 Å². The van der Waals surface area contributed by atoms with E-state index in [4.69, 9.17) is 0 Å². The Bertz CT molecular complexity index is 663. The fourth-order valence-electron chi connectivity index (χ4n) is 2.95. The predicted octanol–water partition coefficient (Wildman–Crippen LogP) is 4.08. The molecule has 21 heavy (non-hydrogen) atoms. The molecule has 0 amide bonds.